The van der Waals surface area contributed by atoms with Crippen molar-refractivity contribution in [3.63, 3.8) is 0 Å². The molecule has 0 fully saturated rings. The van der Waals surface area contributed by atoms with Crippen LogP contribution in [0.1, 0.15) is 23.7 Å². The Morgan fingerprint density at radius 3 is 2.67 bits per heavy atom. The molecule has 0 radical (unpaired) electrons. The van der Waals surface area contributed by atoms with Crippen LogP contribution in [-0.4, -0.2) is 44.3 Å². The van der Waals surface area contributed by atoms with Crippen LogP contribution >= 0.6 is 35.3 Å². The largest absolute Gasteiger partial charge is 0.379 e. The molecule has 0 atom stereocenters. The topological polar surface area (TPSA) is 58.5 Å². The second-order valence-corrected chi connectivity index (χ2v) is 6.33. The van der Waals surface area contributed by atoms with Gasteiger partial charge in [-0.25, -0.2) is 4.98 Å². The van der Waals surface area contributed by atoms with Crippen LogP contribution in [0.3, 0.4) is 0 Å². The van der Waals surface area contributed by atoms with Crippen LogP contribution < -0.4 is 10.6 Å². The molecule has 0 bridgehead atoms. The molecule has 21 heavy (non-hydrogen) atoms. The molecule has 1 aromatic heterocycles. The van der Waals surface area contributed by atoms with E-state index in [-0.39, 0.29) is 24.0 Å². The molecule has 1 heterocycles. The number of halogens is 1. The first kappa shape index (κ1) is 20.6. The average molecular weight is 426 g/mol. The molecule has 0 unspecified atom stereocenters. The number of rotatable bonds is 8. The van der Waals surface area contributed by atoms with Gasteiger partial charge < -0.3 is 15.4 Å². The fourth-order valence-electron chi connectivity index (χ4n) is 1.59. The Kier molecular flexibility index (Phi) is 11.9. The first-order valence-electron chi connectivity index (χ1n) is 7.05. The molecule has 0 spiro atoms. The Bertz CT molecular complexity index is 409. The van der Waals surface area contributed by atoms with Crippen molar-refractivity contribution in [2.24, 2.45) is 10.9 Å². The van der Waals surface area contributed by atoms with Crippen molar-refractivity contribution in [2.75, 3.05) is 33.4 Å². The summed E-state index contributed by atoms with van der Waals surface area (Å²) in [6.45, 7) is 9.47. The Hall–Kier alpha value is -0.410. The summed E-state index contributed by atoms with van der Waals surface area (Å²) in [4.78, 5) is 9.77. The summed E-state index contributed by atoms with van der Waals surface area (Å²) in [6.07, 6.45) is 2.84. The monoisotopic (exact) mass is 426 g/mol. The van der Waals surface area contributed by atoms with Crippen LogP contribution in [0.4, 0.5) is 0 Å². The lowest BCUT2D eigenvalue weighted by atomic mass is 10.2. The SMILES string of the molecule is CN=C(NCCOCC(C)C)NCCc1ncc(C)s1.I. The second-order valence-electron chi connectivity index (χ2n) is 5.01. The molecule has 122 valence electrons. The van der Waals surface area contributed by atoms with E-state index in [9.17, 15) is 0 Å². The smallest absolute Gasteiger partial charge is 0.191 e. The molecule has 0 saturated carbocycles. The van der Waals surface area contributed by atoms with Crippen LogP contribution in [0.25, 0.3) is 0 Å². The molecule has 5 nitrogen and oxygen atoms in total. The van der Waals surface area contributed by atoms with Crippen LogP contribution in [0.2, 0.25) is 0 Å². The third-order valence-electron chi connectivity index (χ3n) is 2.51. The maximum atomic E-state index is 5.51. The molecule has 7 heteroatoms. The van der Waals surface area contributed by atoms with Crippen LogP contribution in [0, 0.1) is 12.8 Å². The molecule has 0 saturated heterocycles. The lowest BCUT2D eigenvalue weighted by Gasteiger charge is -2.12. The molecule has 0 amide bonds. The normalized spacial score (nSPS) is 11.4. The van der Waals surface area contributed by atoms with E-state index in [1.165, 1.54) is 4.88 Å². The van der Waals surface area contributed by atoms with Crippen molar-refractivity contribution in [1.29, 1.82) is 0 Å². The highest BCUT2D eigenvalue weighted by atomic mass is 127. The fourth-order valence-corrected chi connectivity index (χ4v) is 2.37. The summed E-state index contributed by atoms with van der Waals surface area (Å²) in [5, 5.41) is 7.67. The predicted octanol–water partition coefficient (Wildman–Crippen LogP) is 2.45. The maximum absolute atomic E-state index is 5.51. The van der Waals surface area contributed by atoms with Gasteiger partial charge in [-0.2, -0.15) is 0 Å². The molecular weight excluding hydrogens is 399 g/mol. The number of nitrogens with one attached hydrogen (secondary N) is 2. The number of aryl methyl sites for hydroxylation is 1. The standard InChI is InChI=1S/C14H26N4OS.HI/c1-11(2)10-19-8-7-17-14(15-4)16-6-5-13-18-9-12(3)20-13;/h9,11H,5-8,10H2,1-4H3,(H2,15,16,17);1H. The average Bonchev–Trinajstić information content (AvgIpc) is 2.81. The van der Waals surface area contributed by atoms with Gasteiger partial charge in [-0.1, -0.05) is 13.8 Å². The van der Waals surface area contributed by atoms with Gasteiger partial charge in [0.1, 0.15) is 0 Å². The maximum Gasteiger partial charge on any atom is 0.191 e. The van der Waals surface area contributed by atoms with Crippen molar-refractivity contribution in [3.05, 3.63) is 16.1 Å². The third kappa shape index (κ3) is 10.0. The quantitative estimate of drug-likeness (QED) is 0.290. The number of hydrogen-bond acceptors (Lipinski definition) is 4. The highest BCUT2D eigenvalue weighted by Gasteiger charge is 2.01. The first-order valence-corrected chi connectivity index (χ1v) is 7.87. The number of guanidine groups is 1. The van der Waals surface area contributed by atoms with Gasteiger partial charge in [0.15, 0.2) is 5.96 Å². The van der Waals surface area contributed by atoms with E-state index in [0.717, 1.165) is 37.1 Å². The zero-order chi connectivity index (χ0) is 14.8. The Morgan fingerprint density at radius 1 is 1.38 bits per heavy atom. The number of thiazole rings is 1. The summed E-state index contributed by atoms with van der Waals surface area (Å²) < 4.78 is 5.51. The van der Waals surface area contributed by atoms with Crippen LogP contribution in [0.15, 0.2) is 11.2 Å². The van der Waals surface area contributed by atoms with E-state index in [1.807, 2.05) is 6.20 Å². The highest BCUT2D eigenvalue weighted by molar-refractivity contribution is 14.0. The Labute approximate surface area is 149 Å². The van der Waals surface area contributed by atoms with Gasteiger partial charge in [0.25, 0.3) is 0 Å². The third-order valence-corrected chi connectivity index (χ3v) is 3.49. The molecule has 0 aliphatic heterocycles. The van der Waals surface area contributed by atoms with Crippen molar-refractivity contribution < 1.29 is 4.74 Å². The summed E-state index contributed by atoms with van der Waals surface area (Å²) in [6, 6.07) is 0. The van der Waals surface area contributed by atoms with E-state index in [4.69, 9.17) is 4.74 Å². The number of aliphatic imine (C=N–C) groups is 1. The highest BCUT2D eigenvalue weighted by Crippen LogP contribution is 2.10. The van der Waals surface area contributed by atoms with E-state index >= 15 is 0 Å². The Morgan fingerprint density at radius 2 is 2.10 bits per heavy atom. The van der Waals surface area contributed by atoms with E-state index in [2.05, 4.69) is 41.4 Å². The fraction of sp³-hybridized carbons (Fsp3) is 0.714. The van der Waals surface area contributed by atoms with E-state index in [0.29, 0.717) is 12.5 Å². The zero-order valence-corrected chi connectivity index (χ0v) is 16.5. The van der Waals surface area contributed by atoms with E-state index in [1.54, 1.807) is 18.4 Å². The van der Waals surface area contributed by atoms with Crippen molar-refractivity contribution in [1.82, 2.24) is 15.6 Å². The van der Waals surface area contributed by atoms with Gasteiger partial charge in [-0.3, -0.25) is 4.99 Å². The molecular formula is C14H27IN4OS. The van der Waals surface area contributed by atoms with Crippen LogP contribution in [-0.2, 0) is 11.2 Å². The minimum atomic E-state index is 0. The summed E-state index contributed by atoms with van der Waals surface area (Å²) >= 11 is 1.74. The molecule has 1 aromatic rings. The van der Waals surface area contributed by atoms with Crippen molar-refractivity contribution >= 4 is 41.3 Å². The molecule has 0 aliphatic carbocycles. The van der Waals surface area contributed by atoms with Crippen molar-refractivity contribution in [2.45, 2.75) is 27.2 Å². The molecule has 0 aromatic carbocycles. The van der Waals surface area contributed by atoms with Crippen LogP contribution in [0.5, 0.6) is 0 Å². The van der Waals surface area contributed by atoms with Gasteiger partial charge in [-0.15, -0.1) is 35.3 Å². The second kappa shape index (κ2) is 12.2. The summed E-state index contributed by atoms with van der Waals surface area (Å²) in [5.41, 5.74) is 0. The number of aromatic nitrogens is 1. The van der Waals surface area contributed by atoms with Gasteiger partial charge in [0, 0.05) is 44.2 Å². The van der Waals surface area contributed by atoms with E-state index < -0.39 is 0 Å². The lowest BCUT2D eigenvalue weighted by molar-refractivity contribution is 0.114. The minimum absolute atomic E-state index is 0. The summed E-state index contributed by atoms with van der Waals surface area (Å²) in [5.74, 6) is 1.39. The number of nitrogens with zero attached hydrogens (tertiary/aromatic N) is 2. The lowest BCUT2D eigenvalue weighted by Crippen LogP contribution is -2.39. The molecule has 2 N–H and O–H groups in total. The van der Waals surface area contributed by atoms with Gasteiger partial charge in [0.05, 0.1) is 11.6 Å². The number of hydrogen-bond donors (Lipinski definition) is 2. The molecule has 0 aliphatic rings. The minimum Gasteiger partial charge on any atom is -0.379 e. The predicted molar refractivity (Wildman–Crippen MR) is 101 cm³/mol. The summed E-state index contributed by atoms with van der Waals surface area (Å²) in [7, 11) is 1.78. The zero-order valence-electron chi connectivity index (χ0n) is 13.3. The first-order chi connectivity index (χ1) is 9.61. The van der Waals surface area contributed by atoms with Gasteiger partial charge >= 0.3 is 0 Å². The van der Waals surface area contributed by atoms with Gasteiger partial charge in [-0.05, 0) is 12.8 Å². The molecule has 1 rings (SSSR count). The van der Waals surface area contributed by atoms with Gasteiger partial charge in [0.2, 0.25) is 0 Å². The van der Waals surface area contributed by atoms with Crippen molar-refractivity contribution in [3.8, 4) is 0 Å². The Balaban J connectivity index is 0.00000400. The number of ether oxygens (including phenoxy) is 1.